The van der Waals surface area contributed by atoms with E-state index in [-0.39, 0.29) is 17.8 Å². The maximum absolute atomic E-state index is 12.5. The van der Waals surface area contributed by atoms with Crippen molar-refractivity contribution in [2.45, 2.75) is 51.2 Å². The first-order valence-corrected chi connectivity index (χ1v) is 9.03. The molecule has 2 saturated heterocycles. The fraction of sp³-hybridized carbons (Fsp3) is 0.923. The molecule has 0 saturated carbocycles. The second kappa shape index (κ2) is 6.41. The Balaban J connectivity index is 2.05. The molecule has 1 atom stereocenters. The number of aliphatic hydroxyl groups excluding tert-OH is 1. The number of hydrogen-bond donors (Lipinski definition) is 1. The highest BCUT2D eigenvalue weighted by molar-refractivity contribution is 7.89. The van der Waals surface area contributed by atoms with Gasteiger partial charge in [-0.3, -0.25) is 4.79 Å². The van der Waals surface area contributed by atoms with Crippen LogP contribution in [0.2, 0.25) is 0 Å². The zero-order chi connectivity index (χ0) is 14.8. The lowest BCUT2D eigenvalue weighted by Gasteiger charge is -2.33. The molecule has 0 bridgehead atoms. The van der Waals surface area contributed by atoms with Gasteiger partial charge in [-0.05, 0) is 32.1 Å². The first-order chi connectivity index (χ1) is 9.45. The third-order valence-electron chi connectivity index (χ3n) is 4.08. The molecule has 1 N–H and O–H groups in total. The Morgan fingerprint density at radius 2 is 1.85 bits per heavy atom. The van der Waals surface area contributed by atoms with Crippen molar-refractivity contribution < 1.29 is 18.3 Å². The average molecular weight is 304 g/mol. The molecular weight excluding hydrogens is 280 g/mol. The van der Waals surface area contributed by atoms with E-state index in [1.807, 2.05) is 6.92 Å². The maximum atomic E-state index is 12.5. The molecule has 1 amide bonds. The summed E-state index contributed by atoms with van der Waals surface area (Å²) in [5.41, 5.74) is 0. The second-order valence-electron chi connectivity index (χ2n) is 5.64. The zero-order valence-corrected chi connectivity index (χ0v) is 12.8. The van der Waals surface area contributed by atoms with Crippen LogP contribution < -0.4 is 0 Å². The molecule has 1 unspecified atom stereocenters. The van der Waals surface area contributed by atoms with Gasteiger partial charge in [0.15, 0.2) is 0 Å². The van der Waals surface area contributed by atoms with E-state index < -0.39 is 16.1 Å². The number of rotatable bonds is 4. The van der Waals surface area contributed by atoms with Gasteiger partial charge in [0.1, 0.15) is 6.04 Å². The van der Waals surface area contributed by atoms with Crippen LogP contribution in [-0.4, -0.2) is 66.2 Å². The topological polar surface area (TPSA) is 77.9 Å². The van der Waals surface area contributed by atoms with Crippen molar-refractivity contribution in [3.8, 4) is 0 Å². The number of hydrogen-bond acceptors (Lipinski definition) is 4. The summed E-state index contributed by atoms with van der Waals surface area (Å²) in [4.78, 5) is 14.2. The number of likely N-dealkylation sites (tertiary alicyclic amines) is 1. The number of carbonyl (C=O) groups excluding carboxylic acids is 1. The van der Waals surface area contributed by atoms with Crippen LogP contribution in [0.25, 0.3) is 0 Å². The van der Waals surface area contributed by atoms with E-state index in [1.165, 1.54) is 4.31 Å². The highest BCUT2D eigenvalue weighted by Gasteiger charge is 2.40. The Hall–Kier alpha value is -0.660. The summed E-state index contributed by atoms with van der Waals surface area (Å²) in [6.07, 6.45) is 2.76. The van der Waals surface area contributed by atoms with Gasteiger partial charge < -0.3 is 10.0 Å². The zero-order valence-electron chi connectivity index (χ0n) is 12.0. The van der Waals surface area contributed by atoms with Crippen LogP contribution in [0.1, 0.15) is 39.0 Å². The highest BCUT2D eigenvalue weighted by Crippen LogP contribution is 2.24. The minimum atomic E-state index is -3.32. The van der Waals surface area contributed by atoms with Gasteiger partial charge in [0.2, 0.25) is 15.9 Å². The molecule has 0 aromatic carbocycles. The monoisotopic (exact) mass is 304 g/mol. The summed E-state index contributed by atoms with van der Waals surface area (Å²) >= 11 is 0. The van der Waals surface area contributed by atoms with E-state index in [0.717, 1.165) is 6.42 Å². The normalized spacial score (nSPS) is 26.1. The third-order valence-corrected chi connectivity index (χ3v) is 6.16. The van der Waals surface area contributed by atoms with E-state index in [9.17, 15) is 18.3 Å². The van der Waals surface area contributed by atoms with Crippen LogP contribution in [-0.2, 0) is 14.8 Å². The fourth-order valence-electron chi connectivity index (χ4n) is 2.99. The molecule has 0 aromatic rings. The Morgan fingerprint density at radius 3 is 2.45 bits per heavy atom. The quantitative estimate of drug-likeness (QED) is 0.803. The molecule has 2 heterocycles. The molecule has 20 heavy (non-hydrogen) atoms. The molecule has 0 aromatic heterocycles. The summed E-state index contributed by atoms with van der Waals surface area (Å²) in [6.45, 7) is 3.34. The van der Waals surface area contributed by atoms with Gasteiger partial charge in [0, 0.05) is 19.6 Å². The van der Waals surface area contributed by atoms with Crippen molar-refractivity contribution in [3.05, 3.63) is 0 Å². The first-order valence-electron chi connectivity index (χ1n) is 7.42. The van der Waals surface area contributed by atoms with Crippen molar-refractivity contribution >= 4 is 15.9 Å². The van der Waals surface area contributed by atoms with E-state index in [1.54, 1.807) is 4.90 Å². The number of carbonyl (C=O) groups is 1. The smallest absolute Gasteiger partial charge is 0.241 e. The molecule has 2 fully saturated rings. The van der Waals surface area contributed by atoms with Gasteiger partial charge in [-0.15, -0.1) is 0 Å². The van der Waals surface area contributed by atoms with Crippen molar-refractivity contribution in [1.29, 1.82) is 0 Å². The van der Waals surface area contributed by atoms with E-state index >= 15 is 0 Å². The van der Waals surface area contributed by atoms with Crippen LogP contribution >= 0.6 is 0 Å². The molecule has 0 spiro atoms. The molecule has 116 valence electrons. The highest BCUT2D eigenvalue weighted by atomic mass is 32.2. The predicted molar refractivity (Wildman–Crippen MR) is 75.6 cm³/mol. The predicted octanol–water partition coefficient (Wildman–Crippen LogP) is 0.174. The number of piperidine rings is 1. The SMILES string of the molecule is CCCS(=O)(=O)N1CCCC1C(=O)N1CCC(O)CC1. The van der Waals surface area contributed by atoms with Gasteiger partial charge in [-0.1, -0.05) is 6.92 Å². The standard InChI is InChI=1S/C13H24N2O4S/c1-2-10-20(18,19)15-7-3-4-12(15)13(17)14-8-5-11(16)6-9-14/h11-12,16H,2-10H2,1H3. The van der Waals surface area contributed by atoms with Crippen molar-refractivity contribution in [2.75, 3.05) is 25.4 Å². The number of sulfonamides is 1. The van der Waals surface area contributed by atoms with E-state index in [0.29, 0.717) is 45.3 Å². The fourth-order valence-corrected chi connectivity index (χ4v) is 4.73. The van der Waals surface area contributed by atoms with E-state index in [2.05, 4.69) is 0 Å². The minimum Gasteiger partial charge on any atom is -0.393 e. The summed E-state index contributed by atoms with van der Waals surface area (Å²) in [5.74, 6) is 0.0178. The van der Waals surface area contributed by atoms with Crippen molar-refractivity contribution in [3.63, 3.8) is 0 Å². The lowest BCUT2D eigenvalue weighted by atomic mass is 10.1. The Bertz CT molecular complexity index is 443. The van der Waals surface area contributed by atoms with E-state index in [4.69, 9.17) is 0 Å². The third kappa shape index (κ3) is 3.32. The van der Waals surface area contributed by atoms with Crippen LogP contribution in [0.4, 0.5) is 0 Å². The number of amides is 1. The molecule has 2 rings (SSSR count). The van der Waals surface area contributed by atoms with Gasteiger partial charge >= 0.3 is 0 Å². The van der Waals surface area contributed by atoms with Crippen molar-refractivity contribution in [2.24, 2.45) is 0 Å². The second-order valence-corrected chi connectivity index (χ2v) is 7.68. The van der Waals surface area contributed by atoms with Crippen LogP contribution in [0.5, 0.6) is 0 Å². The molecule has 6 nitrogen and oxygen atoms in total. The minimum absolute atomic E-state index is 0.0888. The Kier molecular flexibility index (Phi) is 5.04. The largest absolute Gasteiger partial charge is 0.393 e. The number of aliphatic hydroxyl groups is 1. The molecule has 2 aliphatic rings. The lowest BCUT2D eigenvalue weighted by Crippen LogP contribution is -2.50. The van der Waals surface area contributed by atoms with Crippen LogP contribution in [0.15, 0.2) is 0 Å². The Labute approximate surface area is 120 Å². The molecule has 7 heteroatoms. The maximum Gasteiger partial charge on any atom is 0.241 e. The summed E-state index contributed by atoms with van der Waals surface area (Å²) in [7, 11) is -3.32. The van der Waals surface area contributed by atoms with Gasteiger partial charge in [-0.2, -0.15) is 4.31 Å². The molecular formula is C13H24N2O4S. The van der Waals surface area contributed by atoms with Crippen molar-refractivity contribution in [1.82, 2.24) is 9.21 Å². The number of nitrogens with zero attached hydrogens (tertiary/aromatic N) is 2. The summed E-state index contributed by atoms with van der Waals surface area (Å²) in [5, 5.41) is 9.48. The lowest BCUT2D eigenvalue weighted by molar-refractivity contribution is -0.136. The molecule has 0 aliphatic carbocycles. The van der Waals surface area contributed by atoms with Gasteiger partial charge in [0.25, 0.3) is 0 Å². The van der Waals surface area contributed by atoms with Crippen LogP contribution in [0, 0.1) is 0 Å². The van der Waals surface area contributed by atoms with Crippen LogP contribution in [0.3, 0.4) is 0 Å². The molecule has 0 radical (unpaired) electrons. The molecule has 2 aliphatic heterocycles. The summed E-state index contributed by atoms with van der Waals surface area (Å²) < 4.78 is 25.8. The average Bonchev–Trinajstić information content (AvgIpc) is 2.88. The van der Waals surface area contributed by atoms with Gasteiger partial charge in [-0.25, -0.2) is 8.42 Å². The van der Waals surface area contributed by atoms with Gasteiger partial charge in [0.05, 0.1) is 11.9 Å². The Morgan fingerprint density at radius 1 is 1.20 bits per heavy atom. The first kappa shape index (κ1) is 15.7. The summed E-state index contributed by atoms with van der Waals surface area (Å²) in [6, 6.07) is -0.526.